The van der Waals surface area contributed by atoms with Crippen molar-refractivity contribution in [3.63, 3.8) is 0 Å². The molecule has 3 rings (SSSR count). The van der Waals surface area contributed by atoms with E-state index in [4.69, 9.17) is 4.74 Å². The quantitative estimate of drug-likeness (QED) is 0.647. The molecule has 2 aromatic carbocycles. The molecule has 0 heterocycles. The van der Waals surface area contributed by atoms with Crippen molar-refractivity contribution in [2.45, 2.75) is 51.6 Å². The van der Waals surface area contributed by atoms with E-state index in [1.807, 2.05) is 0 Å². The largest absolute Gasteiger partial charge is 0.491 e. The Morgan fingerprint density at radius 3 is 2.41 bits per heavy atom. The van der Waals surface area contributed by atoms with Gasteiger partial charge in [0, 0.05) is 17.0 Å². The summed E-state index contributed by atoms with van der Waals surface area (Å²) < 4.78 is 47.6. The third-order valence-corrected chi connectivity index (χ3v) is 5.41. The molecule has 0 spiro atoms. The van der Waals surface area contributed by atoms with Gasteiger partial charge in [0.1, 0.15) is 5.82 Å². The lowest BCUT2D eigenvalue weighted by Gasteiger charge is -2.26. The van der Waals surface area contributed by atoms with Gasteiger partial charge >= 0.3 is 0 Å². The van der Waals surface area contributed by atoms with Crippen molar-refractivity contribution in [3.8, 4) is 17.6 Å². The monoisotopic (exact) mass is 402 g/mol. The fourth-order valence-electron chi connectivity index (χ4n) is 3.81. The molecule has 154 valence electrons. The van der Waals surface area contributed by atoms with Crippen LogP contribution in [0.15, 0.2) is 30.3 Å². The number of benzene rings is 2. The minimum atomic E-state index is -0.922. The Morgan fingerprint density at radius 1 is 1.07 bits per heavy atom. The molecule has 1 aliphatic rings. The van der Waals surface area contributed by atoms with E-state index in [9.17, 15) is 18.3 Å². The zero-order valence-corrected chi connectivity index (χ0v) is 16.6. The molecule has 0 amide bonds. The summed E-state index contributed by atoms with van der Waals surface area (Å²) in [7, 11) is 0. The fraction of sp³-hybridized carbons (Fsp3) is 0.417. The Hall–Kier alpha value is -2.45. The van der Waals surface area contributed by atoms with Gasteiger partial charge in [-0.3, -0.25) is 0 Å². The SMILES string of the molecule is CCOc1ccc(C2CCC(C#Cc3ccc(C(C)O)c(F)c3)CC2)c(F)c1F. The number of hydrogen-bond donors (Lipinski definition) is 1. The van der Waals surface area contributed by atoms with E-state index in [-0.39, 0.29) is 29.8 Å². The Labute approximate surface area is 169 Å². The van der Waals surface area contributed by atoms with Crippen LogP contribution in [0.5, 0.6) is 5.75 Å². The molecule has 2 nitrogen and oxygen atoms in total. The highest BCUT2D eigenvalue weighted by Gasteiger charge is 2.26. The first-order valence-electron chi connectivity index (χ1n) is 10.0. The molecule has 5 heteroatoms. The molecule has 1 N–H and O–H groups in total. The summed E-state index contributed by atoms with van der Waals surface area (Å²) in [6.45, 7) is 3.52. The Balaban J connectivity index is 1.64. The standard InChI is InChI=1S/C24H25F3O2/c1-3-29-22-13-12-20(23(26)24(22)27)18-9-6-16(7-10-18)4-5-17-8-11-19(15(2)28)21(25)14-17/h8,11-16,18,28H,3,6-7,9-10H2,1-2H3. The van der Waals surface area contributed by atoms with E-state index < -0.39 is 23.6 Å². The van der Waals surface area contributed by atoms with E-state index in [2.05, 4.69) is 11.8 Å². The summed E-state index contributed by atoms with van der Waals surface area (Å²) in [5.74, 6) is 4.00. The van der Waals surface area contributed by atoms with Gasteiger partial charge in [-0.1, -0.05) is 24.0 Å². The Kier molecular flexibility index (Phi) is 6.87. The highest BCUT2D eigenvalue weighted by molar-refractivity contribution is 5.38. The molecule has 29 heavy (non-hydrogen) atoms. The van der Waals surface area contributed by atoms with Crippen LogP contribution in [0.3, 0.4) is 0 Å². The minimum absolute atomic E-state index is 0.0407. The summed E-state index contributed by atoms with van der Waals surface area (Å²) in [5, 5.41) is 9.49. The number of aliphatic hydroxyl groups is 1. The maximum atomic E-state index is 14.4. The minimum Gasteiger partial charge on any atom is -0.491 e. The summed E-state index contributed by atoms with van der Waals surface area (Å²) in [6.07, 6.45) is 2.14. The summed E-state index contributed by atoms with van der Waals surface area (Å²) in [4.78, 5) is 0. The maximum absolute atomic E-state index is 14.4. The van der Waals surface area contributed by atoms with E-state index in [0.717, 1.165) is 25.7 Å². The van der Waals surface area contributed by atoms with Crippen LogP contribution in [0, 0.1) is 35.2 Å². The number of aliphatic hydroxyl groups excluding tert-OH is 1. The first-order valence-corrected chi connectivity index (χ1v) is 10.0. The van der Waals surface area contributed by atoms with Crippen LogP contribution >= 0.6 is 0 Å². The topological polar surface area (TPSA) is 29.5 Å². The molecular formula is C24H25F3O2. The van der Waals surface area contributed by atoms with Crippen molar-refractivity contribution in [2.24, 2.45) is 5.92 Å². The smallest absolute Gasteiger partial charge is 0.200 e. The van der Waals surface area contributed by atoms with Gasteiger partial charge in [0.25, 0.3) is 0 Å². The van der Waals surface area contributed by atoms with Crippen LogP contribution in [0.25, 0.3) is 0 Å². The lowest BCUT2D eigenvalue weighted by molar-refractivity contribution is 0.194. The third kappa shape index (κ3) is 4.94. The molecule has 0 radical (unpaired) electrons. The van der Waals surface area contributed by atoms with Gasteiger partial charge in [-0.25, -0.2) is 8.78 Å². The van der Waals surface area contributed by atoms with E-state index in [1.165, 1.54) is 19.1 Å². The molecule has 1 unspecified atom stereocenters. The van der Waals surface area contributed by atoms with Gasteiger partial charge in [0.15, 0.2) is 11.6 Å². The van der Waals surface area contributed by atoms with Gasteiger partial charge in [-0.05, 0) is 69.2 Å². The van der Waals surface area contributed by atoms with Gasteiger partial charge < -0.3 is 9.84 Å². The van der Waals surface area contributed by atoms with Crippen molar-refractivity contribution < 1.29 is 23.0 Å². The average Bonchev–Trinajstić information content (AvgIpc) is 2.70. The zero-order chi connectivity index (χ0) is 21.0. The zero-order valence-electron chi connectivity index (χ0n) is 16.6. The predicted molar refractivity (Wildman–Crippen MR) is 106 cm³/mol. The van der Waals surface area contributed by atoms with Crippen LogP contribution in [-0.2, 0) is 0 Å². The number of rotatable bonds is 4. The first-order chi connectivity index (χ1) is 13.9. The van der Waals surface area contributed by atoms with Crippen molar-refractivity contribution in [3.05, 3.63) is 64.5 Å². The first kappa shape index (κ1) is 21.3. The second kappa shape index (κ2) is 9.37. The lowest BCUT2D eigenvalue weighted by atomic mass is 9.78. The molecule has 1 saturated carbocycles. The van der Waals surface area contributed by atoms with E-state index >= 15 is 0 Å². The molecule has 0 bridgehead atoms. The van der Waals surface area contributed by atoms with Gasteiger partial charge in [-0.15, -0.1) is 0 Å². The van der Waals surface area contributed by atoms with Crippen molar-refractivity contribution in [1.29, 1.82) is 0 Å². The molecule has 0 aliphatic heterocycles. The number of ether oxygens (including phenoxy) is 1. The number of halogens is 3. The van der Waals surface area contributed by atoms with Crippen LogP contribution < -0.4 is 4.74 Å². The lowest BCUT2D eigenvalue weighted by Crippen LogP contribution is -2.14. The summed E-state index contributed by atoms with van der Waals surface area (Å²) in [5.41, 5.74) is 1.21. The Morgan fingerprint density at radius 2 is 1.79 bits per heavy atom. The molecule has 0 saturated heterocycles. The summed E-state index contributed by atoms with van der Waals surface area (Å²) in [6, 6.07) is 7.69. The van der Waals surface area contributed by atoms with Crippen molar-refractivity contribution in [1.82, 2.24) is 0 Å². The van der Waals surface area contributed by atoms with Gasteiger partial charge in [-0.2, -0.15) is 4.39 Å². The van der Waals surface area contributed by atoms with E-state index in [0.29, 0.717) is 11.1 Å². The maximum Gasteiger partial charge on any atom is 0.200 e. The second-order valence-electron chi connectivity index (χ2n) is 7.44. The normalized spacial score (nSPS) is 19.9. The molecule has 1 atom stereocenters. The molecule has 1 fully saturated rings. The predicted octanol–water partition coefficient (Wildman–Crippen LogP) is 5.88. The molecule has 0 aromatic heterocycles. The van der Waals surface area contributed by atoms with E-state index in [1.54, 1.807) is 25.1 Å². The van der Waals surface area contributed by atoms with Gasteiger partial charge in [0.2, 0.25) is 5.82 Å². The van der Waals surface area contributed by atoms with Crippen molar-refractivity contribution >= 4 is 0 Å². The highest BCUT2D eigenvalue weighted by atomic mass is 19.2. The molecule has 2 aromatic rings. The third-order valence-electron chi connectivity index (χ3n) is 5.41. The summed E-state index contributed by atoms with van der Waals surface area (Å²) >= 11 is 0. The molecule has 1 aliphatic carbocycles. The van der Waals surface area contributed by atoms with Crippen molar-refractivity contribution in [2.75, 3.05) is 6.61 Å². The van der Waals surface area contributed by atoms with Crippen LogP contribution in [-0.4, -0.2) is 11.7 Å². The van der Waals surface area contributed by atoms with Crippen LogP contribution in [0.4, 0.5) is 13.2 Å². The fourth-order valence-corrected chi connectivity index (χ4v) is 3.81. The average molecular weight is 402 g/mol. The molecular weight excluding hydrogens is 377 g/mol. The van der Waals surface area contributed by atoms with Gasteiger partial charge in [0.05, 0.1) is 12.7 Å². The second-order valence-corrected chi connectivity index (χ2v) is 7.44. The van der Waals surface area contributed by atoms with Crippen LogP contribution in [0.1, 0.15) is 68.2 Å². The number of hydrogen-bond acceptors (Lipinski definition) is 2. The Bertz CT molecular complexity index is 920. The van der Waals surface area contributed by atoms with Crippen LogP contribution in [0.2, 0.25) is 0 Å². The highest BCUT2D eigenvalue weighted by Crippen LogP contribution is 2.38.